The molecule has 2 aromatic rings. The molecule has 0 unspecified atom stereocenters. The van der Waals surface area contributed by atoms with Gasteiger partial charge in [0.05, 0.1) is 12.7 Å². The Hall–Kier alpha value is -2.66. The molecule has 0 radical (unpaired) electrons. The van der Waals surface area contributed by atoms with E-state index in [2.05, 4.69) is 43.0 Å². The molecular weight excluding hydrogens is 352 g/mol. The molecule has 28 heavy (non-hydrogen) atoms. The minimum absolute atomic E-state index is 0.0114. The number of rotatable bonds is 5. The Morgan fingerprint density at radius 3 is 2.00 bits per heavy atom. The van der Waals surface area contributed by atoms with Crippen LogP contribution in [0.25, 0.3) is 0 Å². The number of hydrogen-bond acceptors (Lipinski definition) is 4. The van der Waals surface area contributed by atoms with Crippen molar-refractivity contribution in [3.8, 4) is 0 Å². The van der Waals surface area contributed by atoms with Gasteiger partial charge in [-0.25, -0.2) is 4.79 Å². The third kappa shape index (κ3) is 4.78. The van der Waals surface area contributed by atoms with Gasteiger partial charge in [-0.05, 0) is 41.3 Å². The van der Waals surface area contributed by atoms with Gasteiger partial charge in [0.2, 0.25) is 0 Å². The van der Waals surface area contributed by atoms with Crippen molar-refractivity contribution in [2.45, 2.75) is 26.3 Å². The Kier molecular flexibility index (Phi) is 6.47. The summed E-state index contributed by atoms with van der Waals surface area (Å²) in [5.41, 5.74) is 3.72. The number of amides is 1. The maximum absolute atomic E-state index is 12.7. The van der Waals surface area contributed by atoms with E-state index >= 15 is 0 Å². The zero-order valence-corrected chi connectivity index (χ0v) is 16.9. The summed E-state index contributed by atoms with van der Waals surface area (Å²) >= 11 is 0. The van der Waals surface area contributed by atoms with Crippen molar-refractivity contribution in [1.82, 2.24) is 9.80 Å². The molecule has 0 aromatic heterocycles. The maximum atomic E-state index is 12.7. The summed E-state index contributed by atoms with van der Waals surface area (Å²) in [6.45, 7) is 8.45. The van der Waals surface area contributed by atoms with Crippen LogP contribution in [0.2, 0.25) is 0 Å². The molecule has 5 nitrogen and oxygen atoms in total. The van der Waals surface area contributed by atoms with Crippen molar-refractivity contribution < 1.29 is 14.3 Å². The molecule has 0 saturated carbocycles. The molecule has 0 atom stereocenters. The average molecular weight is 380 g/mol. The third-order valence-electron chi connectivity index (χ3n) is 5.27. The highest BCUT2D eigenvalue weighted by Gasteiger charge is 2.22. The molecule has 0 bridgehead atoms. The molecule has 0 N–H and O–H groups in total. The topological polar surface area (TPSA) is 49.9 Å². The van der Waals surface area contributed by atoms with E-state index in [1.54, 1.807) is 24.3 Å². The van der Waals surface area contributed by atoms with E-state index < -0.39 is 5.97 Å². The predicted octanol–water partition coefficient (Wildman–Crippen LogP) is 3.55. The summed E-state index contributed by atoms with van der Waals surface area (Å²) < 4.78 is 4.69. The van der Waals surface area contributed by atoms with E-state index in [0.717, 1.165) is 19.6 Å². The van der Waals surface area contributed by atoms with Crippen molar-refractivity contribution in [1.29, 1.82) is 0 Å². The van der Waals surface area contributed by atoms with Crippen LogP contribution in [0.4, 0.5) is 0 Å². The summed E-state index contributed by atoms with van der Waals surface area (Å²) in [5, 5.41) is 0. The van der Waals surface area contributed by atoms with E-state index in [1.165, 1.54) is 18.2 Å². The molecule has 2 aromatic carbocycles. The van der Waals surface area contributed by atoms with Crippen LogP contribution in [0, 0.1) is 0 Å². The van der Waals surface area contributed by atoms with Crippen molar-refractivity contribution in [2.75, 3.05) is 33.3 Å². The van der Waals surface area contributed by atoms with Crippen molar-refractivity contribution in [3.05, 3.63) is 70.8 Å². The first kappa shape index (κ1) is 20.1. The lowest BCUT2D eigenvalue weighted by atomic mass is 10.0. The highest BCUT2D eigenvalue weighted by Crippen LogP contribution is 2.17. The molecule has 3 rings (SSSR count). The number of esters is 1. The van der Waals surface area contributed by atoms with Crippen LogP contribution in [-0.2, 0) is 11.3 Å². The predicted molar refractivity (Wildman–Crippen MR) is 109 cm³/mol. The fourth-order valence-electron chi connectivity index (χ4n) is 3.42. The number of nitrogens with zero attached hydrogens (tertiary/aromatic N) is 2. The Morgan fingerprint density at radius 2 is 1.46 bits per heavy atom. The Balaban J connectivity index is 1.53. The monoisotopic (exact) mass is 380 g/mol. The minimum Gasteiger partial charge on any atom is -0.465 e. The van der Waals surface area contributed by atoms with Crippen LogP contribution in [0.3, 0.4) is 0 Å². The van der Waals surface area contributed by atoms with Gasteiger partial charge in [-0.2, -0.15) is 0 Å². The van der Waals surface area contributed by atoms with E-state index in [-0.39, 0.29) is 5.91 Å². The number of piperazine rings is 1. The zero-order valence-electron chi connectivity index (χ0n) is 16.9. The van der Waals surface area contributed by atoms with Crippen LogP contribution < -0.4 is 0 Å². The second-order valence-corrected chi connectivity index (χ2v) is 7.53. The second kappa shape index (κ2) is 9.02. The lowest BCUT2D eigenvalue weighted by molar-refractivity contribution is 0.0596. The van der Waals surface area contributed by atoms with E-state index in [1.807, 2.05) is 4.90 Å². The molecule has 148 valence electrons. The molecule has 0 aliphatic carbocycles. The molecule has 1 amide bonds. The summed E-state index contributed by atoms with van der Waals surface area (Å²) in [7, 11) is 1.35. The highest BCUT2D eigenvalue weighted by atomic mass is 16.5. The lowest BCUT2D eigenvalue weighted by Crippen LogP contribution is -2.48. The first-order chi connectivity index (χ1) is 13.5. The smallest absolute Gasteiger partial charge is 0.337 e. The van der Waals surface area contributed by atoms with Crippen LogP contribution >= 0.6 is 0 Å². The average Bonchev–Trinajstić information content (AvgIpc) is 2.73. The number of ether oxygens (including phenoxy) is 1. The number of methoxy groups -OCH3 is 1. The molecule has 1 aliphatic heterocycles. The van der Waals surface area contributed by atoms with Gasteiger partial charge in [-0.3, -0.25) is 9.69 Å². The maximum Gasteiger partial charge on any atom is 0.337 e. The quantitative estimate of drug-likeness (QED) is 0.745. The van der Waals surface area contributed by atoms with Gasteiger partial charge in [-0.1, -0.05) is 38.1 Å². The molecular formula is C23H28N2O3. The SMILES string of the molecule is COC(=O)c1ccc(C(=O)N2CCN(Cc3ccc(C(C)C)cc3)CC2)cc1. The largest absolute Gasteiger partial charge is 0.465 e. The van der Waals surface area contributed by atoms with Crippen LogP contribution in [-0.4, -0.2) is 55.0 Å². The summed E-state index contributed by atoms with van der Waals surface area (Å²) in [5.74, 6) is 0.164. The number of hydrogen-bond donors (Lipinski definition) is 0. The molecule has 1 fully saturated rings. The number of benzene rings is 2. The minimum atomic E-state index is -0.394. The Morgan fingerprint density at radius 1 is 0.893 bits per heavy atom. The second-order valence-electron chi connectivity index (χ2n) is 7.53. The van der Waals surface area contributed by atoms with Crippen LogP contribution in [0.5, 0.6) is 0 Å². The molecule has 5 heteroatoms. The number of carbonyl (C=O) groups is 2. The molecule has 1 heterocycles. The molecule has 1 saturated heterocycles. The van der Waals surface area contributed by atoms with Gasteiger partial charge in [0.15, 0.2) is 0 Å². The van der Waals surface area contributed by atoms with E-state index in [9.17, 15) is 9.59 Å². The van der Waals surface area contributed by atoms with E-state index in [4.69, 9.17) is 4.74 Å². The lowest BCUT2D eigenvalue weighted by Gasteiger charge is -2.34. The first-order valence-corrected chi connectivity index (χ1v) is 9.77. The van der Waals surface area contributed by atoms with Gasteiger partial charge in [0.1, 0.15) is 0 Å². The molecule has 0 spiro atoms. The fourth-order valence-corrected chi connectivity index (χ4v) is 3.42. The van der Waals surface area contributed by atoms with Crippen molar-refractivity contribution >= 4 is 11.9 Å². The van der Waals surface area contributed by atoms with Crippen molar-refractivity contribution in [3.63, 3.8) is 0 Å². The Labute approximate surface area is 166 Å². The van der Waals surface area contributed by atoms with Crippen molar-refractivity contribution in [2.24, 2.45) is 0 Å². The van der Waals surface area contributed by atoms with Gasteiger partial charge in [0.25, 0.3) is 5.91 Å². The zero-order chi connectivity index (χ0) is 20.1. The third-order valence-corrected chi connectivity index (χ3v) is 5.27. The van der Waals surface area contributed by atoms with E-state index in [0.29, 0.717) is 30.1 Å². The standard InChI is InChI=1S/C23H28N2O3/c1-17(2)19-6-4-18(5-7-19)16-24-12-14-25(15-13-24)22(26)20-8-10-21(11-9-20)23(27)28-3/h4-11,17H,12-16H2,1-3H3. The first-order valence-electron chi connectivity index (χ1n) is 9.77. The highest BCUT2D eigenvalue weighted by molar-refractivity contribution is 5.96. The summed E-state index contributed by atoms with van der Waals surface area (Å²) in [6, 6.07) is 15.5. The Bertz CT molecular complexity index is 805. The fraction of sp³-hybridized carbons (Fsp3) is 0.391. The molecule has 1 aliphatic rings. The van der Waals surface area contributed by atoms with Crippen LogP contribution in [0.1, 0.15) is 51.6 Å². The van der Waals surface area contributed by atoms with Gasteiger partial charge in [0, 0.05) is 38.3 Å². The normalized spacial score (nSPS) is 14.9. The van der Waals surface area contributed by atoms with Gasteiger partial charge < -0.3 is 9.64 Å². The summed E-state index contributed by atoms with van der Waals surface area (Å²) in [6.07, 6.45) is 0. The van der Waals surface area contributed by atoms with Gasteiger partial charge >= 0.3 is 5.97 Å². The van der Waals surface area contributed by atoms with Gasteiger partial charge in [-0.15, -0.1) is 0 Å². The van der Waals surface area contributed by atoms with Crippen LogP contribution in [0.15, 0.2) is 48.5 Å². The number of carbonyl (C=O) groups excluding carboxylic acids is 2. The summed E-state index contributed by atoms with van der Waals surface area (Å²) in [4.78, 5) is 28.5.